The van der Waals surface area contributed by atoms with Crippen LogP contribution in [0.3, 0.4) is 0 Å². The smallest absolute Gasteiger partial charge is 0.309 e. The lowest BCUT2D eigenvalue weighted by molar-refractivity contribution is -0.150. The second-order valence-corrected chi connectivity index (χ2v) is 8.67. The molecule has 0 bridgehead atoms. The summed E-state index contributed by atoms with van der Waals surface area (Å²) in [6, 6.07) is 4.10. The van der Waals surface area contributed by atoms with Crippen molar-refractivity contribution >= 4 is 28.4 Å². The third kappa shape index (κ3) is 4.54. The van der Waals surface area contributed by atoms with Crippen molar-refractivity contribution in [1.29, 1.82) is 0 Å². The fourth-order valence-electron chi connectivity index (χ4n) is 4.82. The number of allylic oxidation sites excluding steroid dienone is 1. The average molecular weight is 440 g/mol. The lowest BCUT2D eigenvalue weighted by Gasteiger charge is -2.30. The summed E-state index contributed by atoms with van der Waals surface area (Å²) in [6.45, 7) is 7.81. The van der Waals surface area contributed by atoms with Gasteiger partial charge in [-0.25, -0.2) is 0 Å². The number of ether oxygens (including phenoxy) is 2. The summed E-state index contributed by atoms with van der Waals surface area (Å²) in [4.78, 5) is 26.8. The van der Waals surface area contributed by atoms with E-state index < -0.39 is 0 Å². The first-order valence-corrected chi connectivity index (χ1v) is 11.9. The van der Waals surface area contributed by atoms with Crippen LogP contribution in [-0.4, -0.2) is 43.1 Å². The molecule has 1 aromatic heterocycles. The fraction of sp³-hybridized carbons (Fsp3) is 0.538. The SMILES string of the molecule is CCOC(=O)C1CCN(C(=O)/C=C(\C)c2cc3c4c(oc3cc2OCC)CCCC4)CC1. The predicted molar refractivity (Wildman–Crippen MR) is 124 cm³/mol. The summed E-state index contributed by atoms with van der Waals surface area (Å²) < 4.78 is 17.2. The first-order valence-electron chi connectivity index (χ1n) is 11.9. The largest absolute Gasteiger partial charge is 0.493 e. The van der Waals surface area contributed by atoms with Gasteiger partial charge >= 0.3 is 5.97 Å². The number of benzene rings is 1. The summed E-state index contributed by atoms with van der Waals surface area (Å²) in [5.41, 5.74) is 3.97. The van der Waals surface area contributed by atoms with Crippen molar-refractivity contribution in [3.05, 3.63) is 35.1 Å². The van der Waals surface area contributed by atoms with Gasteiger partial charge in [-0.3, -0.25) is 9.59 Å². The van der Waals surface area contributed by atoms with E-state index in [1.54, 1.807) is 6.08 Å². The van der Waals surface area contributed by atoms with Gasteiger partial charge in [0.2, 0.25) is 5.91 Å². The van der Waals surface area contributed by atoms with Gasteiger partial charge in [0.1, 0.15) is 17.1 Å². The number of esters is 1. The van der Waals surface area contributed by atoms with E-state index in [0.29, 0.717) is 39.1 Å². The Morgan fingerprint density at radius 3 is 2.59 bits per heavy atom. The fourth-order valence-corrected chi connectivity index (χ4v) is 4.82. The van der Waals surface area contributed by atoms with Crippen molar-refractivity contribution in [2.75, 3.05) is 26.3 Å². The van der Waals surface area contributed by atoms with Crippen molar-refractivity contribution in [2.24, 2.45) is 5.92 Å². The molecule has 2 heterocycles. The van der Waals surface area contributed by atoms with Crippen molar-refractivity contribution < 1.29 is 23.5 Å². The molecule has 0 N–H and O–H groups in total. The number of aryl methyl sites for hydroxylation is 2. The highest BCUT2D eigenvalue weighted by atomic mass is 16.5. The number of fused-ring (bicyclic) bond motifs is 3. The Hall–Kier alpha value is -2.76. The number of piperidine rings is 1. The van der Waals surface area contributed by atoms with Crippen LogP contribution in [0.5, 0.6) is 5.75 Å². The predicted octanol–water partition coefficient (Wildman–Crippen LogP) is 4.92. The lowest BCUT2D eigenvalue weighted by atomic mass is 9.94. The molecular weight excluding hydrogens is 406 g/mol. The average Bonchev–Trinajstić information content (AvgIpc) is 3.16. The number of likely N-dealkylation sites (tertiary alicyclic amines) is 1. The van der Waals surface area contributed by atoms with E-state index in [4.69, 9.17) is 13.9 Å². The van der Waals surface area contributed by atoms with Gasteiger partial charge in [-0.2, -0.15) is 0 Å². The van der Waals surface area contributed by atoms with Gasteiger partial charge in [0.15, 0.2) is 0 Å². The molecule has 0 spiro atoms. The summed E-state index contributed by atoms with van der Waals surface area (Å²) in [5, 5.41) is 1.13. The van der Waals surface area contributed by atoms with Crippen molar-refractivity contribution in [3.8, 4) is 5.75 Å². The number of amides is 1. The maximum absolute atomic E-state index is 13.0. The van der Waals surface area contributed by atoms with Gasteiger partial charge in [0.25, 0.3) is 0 Å². The first kappa shape index (κ1) is 22.4. The summed E-state index contributed by atoms with van der Waals surface area (Å²) in [6.07, 6.45) is 7.35. The highest BCUT2D eigenvalue weighted by molar-refractivity contribution is 5.97. The van der Waals surface area contributed by atoms with E-state index >= 15 is 0 Å². The molecule has 1 aliphatic carbocycles. The molecule has 2 aliphatic rings. The van der Waals surface area contributed by atoms with Crippen LogP contribution < -0.4 is 4.74 Å². The Labute approximate surface area is 189 Å². The maximum Gasteiger partial charge on any atom is 0.309 e. The lowest BCUT2D eigenvalue weighted by Crippen LogP contribution is -2.40. The number of hydrogen-bond acceptors (Lipinski definition) is 5. The zero-order valence-electron chi connectivity index (χ0n) is 19.4. The number of rotatable bonds is 6. The van der Waals surface area contributed by atoms with Crippen LogP contribution in [-0.2, 0) is 27.2 Å². The highest BCUT2D eigenvalue weighted by Gasteiger charge is 2.28. The molecule has 6 heteroatoms. The topological polar surface area (TPSA) is 69.0 Å². The van der Waals surface area contributed by atoms with Gasteiger partial charge in [0, 0.05) is 48.2 Å². The van der Waals surface area contributed by atoms with E-state index in [9.17, 15) is 9.59 Å². The zero-order chi connectivity index (χ0) is 22.7. The Morgan fingerprint density at radius 1 is 1.12 bits per heavy atom. The van der Waals surface area contributed by atoms with E-state index in [1.165, 1.54) is 12.0 Å². The molecule has 32 heavy (non-hydrogen) atoms. The Balaban J connectivity index is 1.55. The number of hydrogen-bond donors (Lipinski definition) is 0. The molecule has 0 atom stereocenters. The molecule has 1 fully saturated rings. The van der Waals surface area contributed by atoms with Crippen LogP contribution in [0.2, 0.25) is 0 Å². The Bertz CT molecular complexity index is 1030. The van der Waals surface area contributed by atoms with Crippen molar-refractivity contribution in [3.63, 3.8) is 0 Å². The molecule has 0 unspecified atom stereocenters. The quantitative estimate of drug-likeness (QED) is 0.472. The summed E-state index contributed by atoms with van der Waals surface area (Å²) in [5.74, 6) is 1.55. The van der Waals surface area contributed by atoms with E-state index in [2.05, 4.69) is 6.07 Å². The number of carbonyl (C=O) groups is 2. The normalized spacial score (nSPS) is 17.3. The summed E-state index contributed by atoms with van der Waals surface area (Å²) >= 11 is 0. The molecule has 6 nitrogen and oxygen atoms in total. The minimum Gasteiger partial charge on any atom is -0.493 e. The van der Waals surface area contributed by atoms with Gasteiger partial charge in [-0.1, -0.05) is 0 Å². The van der Waals surface area contributed by atoms with Gasteiger partial charge in [0.05, 0.1) is 19.1 Å². The molecule has 172 valence electrons. The number of nitrogens with zero attached hydrogens (tertiary/aromatic N) is 1. The van der Waals surface area contributed by atoms with Gasteiger partial charge in [-0.05, 0) is 64.5 Å². The van der Waals surface area contributed by atoms with Crippen LogP contribution >= 0.6 is 0 Å². The number of furan rings is 1. The van der Waals surface area contributed by atoms with Gasteiger partial charge < -0.3 is 18.8 Å². The number of carbonyl (C=O) groups excluding carboxylic acids is 2. The van der Waals surface area contributed by atoms with Gasteiger partial charge in [-0.15, -0.1) is 0 Å². The monoisotopic (exact) mass is 439 g/mol. The molecule has 0 radical (unpaired) electrons. The van der Waals surface area contributed by atoms with Crippen LogP contribution in [0.15, 0.2) is 22.6 Å². The van der Waals surface area contributed by atoms with Crippen LogP contribution in [0, 0.1) is 5.92 Å². The van der Waals surface area contributed by atoms with Crippen LogP contribution in [0.25, 0.3) is 16.5 Å². The second-order valence-electron chi connectivity index (χ2n) is 8.67. The minimum atomic E-state index is -0.149. The molecular formula is C26H33NO5. The maximum atomic E-state index is 13.0. The van der Waals surface area contributed by atoms with Crippen LogP contribution in [0.1, 0.15) is 63.3 Å². The van der Waals surface area contributed by atoms with E-state index in [-0.39, 0.29) is 17.8 Å². The minimum absolute atomic E-state index is 0.0263. The van der Waals surface area contributed by atoms with Crippen LogP contribution in [0.4, 0.5) is 0 Å². The molecule has 2 aromatic rings. The standard InChI is InChI=1S/C26H33NO5/c1-4-30-23-16-24-21(19-8-6-7-9-22(19)32-24)15-20(23)17(3)14-25(28)27-12-10-18(11-13-27)26(29)31-5-2/h14-16,18H,4-13H2,1-3H3/b17-14+. The van der Waals surface area contributed by atoms with E-state index in [1.807, 2.05) is 31.7 Å². The summed E-state index contributed by atoms with van der Waals surface area (Å²) in [7, 11) is 0. The first-order chi connectivity index (χ1) is 15.5. The molecule has 0 saturated carbocycles. The molecule has 1 aliphatic heterocycles. The molecule has 1 saturated heterocycles. The van der Waals surface area contributed by atoms with E-state index in [0.717, 1.165) is 52.9 Å². The molecule has 4 rings (SSSR count). The molecule has 1 amide bonds. The second kappa shape index (κ2) is 9.80. The Kier molecular flexibility index (Phi) is 6.87. The Morgan fingerprint density at radius 2 is 1.88 bits per heavy atom. The third-order valence-corrected chi connectivity index (χ3v) is 6.55. The van der Waals surface area contributed by atoms with Crippen molar-refractivity contribution in [1.82, 2.24) is 4.90 Å². The highest BCUT2D eigenvalue weighted by Crippen LogP contribution is 2.38. The third-order valence-electron chi connectivity index (χ3n) is 6.55. The molecule has 1 aromatic carbocycles. The zero-order valence-corrected chi connectivity index (χ0v) is 19.4. The van der Waals surface area contributed by atoms with Crippen molar-refractivity contribution in [2.45, 2.75) is 59.3 Å².